The molecule has 0 saturated carbocycles. The van der Waals surface area contributed by atoms with Crippen molar-refractivity contribution in [3.05, 3.63) is 23.8 Å². The van der Waals surface area contributed by atoms with E-state index in [4.69, 9.17) is 5.73 Å². The van der Waals surface area contributed by atoms with E-state index in [1.807, 2.05) is 6.07 Å². The lowest BCUT2D eigenvalue weighted by Gasteiger charge is -2.35. The van der Waals surface area contributed by atoms with E-state index in [1.165, 1.54) is 37.2 Å². The Kier molecular flexibility index (Phi) is 3.60. The largest absolute Gasteiger partial charge is 0.399 e. The molecule has 0 aromatic heterocycles. The summed E-state index contributed by atoms with van der Waals surface area (Å²) in [6.07, 6.45) is 2.64. The van der Waals surface area contributed by atoms with Crippen LogP contribution in [0.25, 0.3) is 0 Å². The minimum absolute atomic E-state index is 0.824. The normalized spacial score (nSPS) is 17.8. The number of nitrogen functional groups attached to an aromatic ring is 1. The van der Waals surface area contributed by atoms with Crippen molar-refractivity contribution in [2.45, 2.75) is 33.6 Å². The maximum Gasteiger partial charge on any atom is 0.0370 e. The lowest BCUT2D eigenvalue weighted by Crippen LogP contribution is -2.35. The molecule has 1 heterocycles. The van der Waals surface area contributed by atoms with Gasteiger partial charge in [-0.15, -0.1) is 0 Å². The first-order chi connectivity index (χ1) is 8.08. The zero-order chi connectivity index (χ0) is 12.4. The number of aryl methyl sites for hydroxylation is 1. The number of rotatable bonds is 2. The molecule has 0 aliphatic carbocycles. The number of benzene rings is 1. The Bertz CT molecular complexity index is 377. The molecule has 1 saturated heterocycles. The summed E-state index contributed by atoms with van der Waals surface area (Å²) in [6, 6.07) is 6.39. The highest BCUT2D eigenvalue weighted by atomic mass is 15.1. The Morgan fingerprint density at radius 3 is 2.41 bits per heavy atom. The molecule has 1 aliphatic heterocycles. The Hall–Kier alpha value is -1.18. The van der Waals surface area contributed by atoms with E-state index in [9.17, 15) is 0 Å². The molecule has 2 N–H and O–H groups in total. The van der Waals surface area contributed by atoms with Gasteiger partial charge in [0.2, 0.25) is 0 Å². The van der Waals surface area contributed by atoms with Gasteiger partial charge in [0.1, 0.15) is 0 Å². The van der Waals surface area contributed by atoms with Gasteiger partial charge in [-0.05, 0) is 55.4 Å². The molecule has 2 rings (SSSR count). The Labute approximate surface area is 105 Å². The summed E-state index contributed by atoms with van der Waals surface area (Å²) in [5, 5.41) is 0. The zero-order valence-corrected chi connectivity index (χ0v) is 11.2. The molecule has 17 heavy (non-hydrogen) atoms. The molecule has 0 radical (unpaired) electrons. The maximum absolute atomic E-state index is 5.86. The van der Waals surface area contributed by atoms with Crippen LogP contribution in [0.3, 0.4) is 0 Å². The second-order valence-corrected chi connectivity index (χ2v) is 5.61. The first-order valence-electron chi connectivity index (χ1n) is 6.69. The number of nitrogens with zero attached hydrogens (tertiary/aromatic N) is 1. The Balaban J connectivity index is 2.03. The third kappa shape index (κ3) is 2.74. The average Bonchev–Trinajstić information content (AvgIpc) is 2.33. The van der Waals surface area contributed by atoms with Crippen LogP contribution in [-0.4, -0.2) is 13.1 Å². The van der Waals surface area contributed by atoms with Crippen LogP contribution in [0.1, 0.15) is 32.3 Å². The minimum atomic E-state index is 0.824. The van der Waals surface area contributed by atoms with Crippen molar-refractivity contribution in [2.24, 2.45) is 11.8 Å². The molecule has 2 nitrogen and oxygen atoms in total. The highest BCUT2D eigenvalue weighted by Crippen LogP contribution is 2.29. The van der Waals surface area contributed by atoms with E-state index in [1.54, 1.807) is 0 Å². The van der Waals surface area contributed by atoms with Gasteiger partial charge in [0.05, 0.1) is 0 Å². The first-order valence-corrected chi connectivity index (χ1v) is 6.69. The van der Waals surface area contributed by atoms with Gasteiger partial charge in [-0.25, -0.2) is 0 Å². The molecular weight excluding hydrogens is 208 g/mol. The summed E-state index contributed by atoms with van der Waals surface area (Å²) in [4.78, 5) is 2.49. The number of piperidine rings is 1. The fourth-order valence-electron chi connectivity index (χ4n) is 2.68. The predicted octanol–water partition coefficient (Wildman–Crippen LogP) is 3.45. The molecule has 94 valence electrons. The minimum Gasteiger partial charge on any atom is -0.399 e. The lowest BCUT2D eigenvalue weighted by molar-refractivity contribution is 0.311. The van der Waals surface area contributed by atoms with Crippen LogP contribution in [0.5, 0.6) is 0 Å². The quantitative estimate of drug-likeness (QED) is 0.791. The Morgan fingerprint density at radius 2 is 1.88 bits per heavy atom. The molecule has 0 amide bonds. The summed E-state index contributed by atoms with van der Waals surface area (Å²) < 4.78 is 0. The van der Waals surface area contributed by atoms with Crippen molar-refractivity contribution < 1.29 is 0 Å². The number of anilines is 2. The van der Waals surface area contributed by atoms with Crippen LogP contribution in [0, 0.1) is 18.8 Å². The fraction of sp³-hybridized carbons (Fsp3) is 0.600. The summed E-state index contributed by atoms with van der Waals surface area (Å²) in [5.74, 6) is 1.73. The van der Waals surface area contributed by atoms with E-state index >= 15 is 0 Å². The van der Waals surface area contributed by atoms with Crippen LogP contribution in [0.4, 0.5) is 11.4 Å². The molecule has 1 fully saturated rings. The molecule has 1 aliphatic rings. The third-order valence-electron chi connectivity index (χ3n) is 4.10. The summed E-state index contributed by atoms with van der Waals surface area (Å²) in [5.41, 5.74) is 9.28. The summed E-state index contributed by atoms with van der Waals surface area (Å²) in [6.45, 7) is 9.14. The SMILES string of the molecule is Cc1cc(N2CCC(C(C)C)CC2)ccc1N. The standard InChI is InChI=1S/C15H24N2/c1-11(2)13-6-8-17(9-7-13)14-4-5-15(16)12(3)10-14/h4-5,10-11,13H,6-9,16H2,1-3H3. The number of nitrogens with two attached hydrogens (primary N) is 1. The molecule has 1 aromatic carbocycles. The van der Waals surface area contributed by atoms with Gasteiger partial charge in [0.25, 0.3) is 0 Å². The van der Waals surface area contributed by atoms with Gasteiger partial charge in [-0.1, -0.05) is 13.8 Å². The van der Waals surface area contributed by atoms with Crippen molar-refractivity contribution in [3.8, 4) is 0 Å². The molecule has 0 bridgehead atoms. The van der Waals surface area contributed by atoms with Gasteiger partial charge < -0.3 is 10.6 Å². The van der Waals surface area contributed by atoms with Crippen LogP contribution >= 0.6 is 0 Å². The van der Waals surface area contributed by atoms with Crippen molar-refractivity contribution in [3.63, 3.8) is 0 Å². The topological polar surface area (TPSA) is 29.3 Å². The van der Waals surface area contributed by atoms with Gasteiger partial charge in [-0.2, -0.15) is 0 Å². The second-order valence-electron chi connectivity index (χ2n) is 5.61. The highest BCUT2D eigenvalue weighted by Gasteiger charge is 2.21. The van der Waals surface area contributed by atoms with E-state index in [0.717, 1.165) is 17.5 Å². The van der Waals surface area contributed by atoms with Crippen molar-refractivity contribution in [1.29, 1.82) is 0 Å². The molecular formula is C15H24N2. The van der Waals surface area contributed by atoms with Gasteiger partial charge in [0.15, 0.2) is 0 Å². The molecule has 2 heteroatoms. The van der Waals surface area contributed by atoms with Gasteiger partial charge in [-0.3, -0.25) is 0 Å². The second kappa shape index (κ2) is 4.99. The van der Waals surface area contributed by atoms with Crippen molar-refractivity contribution >= 4 is 11.4 Å². The zero-order valence-electron chi connectivity index (χ0n) is 11.2. The van der Waals surface area contributed by atoms with Crippen molar-refractivity contribution in [2.75, 3.05) is 23.7 Å². The van der Waals surface area contributed by atoms with E-state index in [2.05, 4.69) is 37.8 Å². The molecule has 0 atom stereocenters. The Morgan fingerprint density at radius 1 is 1.24 bits per heavy atom. The summed E-state index contributed by atoms with van der Waals surface area (Å²) >= 11 is 0. The molecule has 0 unspecified atom stereocenters. The van der Waals surface area contributed by atoms with E-state index in [-0.39, 0.29) is 0 Å². The predicted molar refractivity (Wildman–Crippen MR) is 75.4 cm³/mol. The highest BCUT2D eigenvalue weighted by molar-refractivity contribution is 5.58. The summed E-state index contributed by atoms with van der Waals surface area (Å²) in [7, 11) is 0. The fourth-order valence-corrected chi connectivity index (χ4v) is 2.68. The van der Waals surface area contributed by atoms with Crippen LogP contribution < -0.4 is 10.6 Å². The number of hydrogen-bond donors (Lipinski definition) is 1. The first kappa shape index (κ1) is 12.3. The van der Waals surface area contributed by atoms with Crippen molar-refractivity contribution in [1.82, 2.24) is 0 Å². The average molecular weight is 232 g/mol. The van der Waals surface area contributed by atoms with Gasteiger partial charge >= 0.3 is 0 Å². The van der Waals surface area contributed by atoms with Crippen LogP contribution in [0.2, 0.25) is 0 Å². The molecule has 1 aromatic rings. The lowest BCUT2D eigenvalue weighted by atomic mass is 9.86. The monoisotopic (exact) mass is 232 g/mol. The van der Waals surface area contributed by atoms with E-state index < -0.39 is 0 Å². The molecule has 0 spiro atoms. The maximum atomic E-state index is 5.86. The van der Waals surface area contributed by atoms with E-state index in [0.29, 0.717) is 0 Å². The smallest absolute Gasteiger partial charge is 0.0370 e. The number of hydrogen-bond acceptors (Lipinski definition) is 2. The van der Waals surface area contributed by atoms with Crippen LogP contribution in [0.15, 0.2) is 18.2 Å². The van der Waals surface area contributed by atoms with Gasteiger partial charge in [0, 0.05) is 24.5 Å². The third-order valence-corrected chi connectivity index (χ3v) is 4.10. The van der Waals surface area contributed by atoms with Crippen LogP contribution in [-0.2, 0) is 0 Å².